The summed E-state index contributed by atoms with van der Waals surface area (Å²) in [6.45, 7) is 5.54. The molecule has 1 fully saturated rings. The maximum absolute atomic E-state index is 12.3. The van der Waals surface area contributed by atoms with Crippen molar-refractivity contribution in [2.24, 2.45) is 10.9 Å². The van der Waals surface area contributed by atoms with Crippen LogP contribution in [0, 0.1) is 5.92 Å². The molecule has 0 spiro atoms. The van der Waals surface area contributed by atoms with Gasteiger partial charge in [0.05, 0.1) is 5.56 Å². The normalized spacial score (nSPS) is 31.8. The fourth-order valence-electron chi connectivity index (χ4n) is 2.82. The Morgan fingerprint density at radius 2 is 2.00 bits per heavy atom. The number of hydrazine groups is 1. The number of aromatic nitrogens is 1. The van der Waals surface area contributed by atoms with E-state index >= 15 is 0 Å². The highest BCUT2D eigenvalue weighted by Crippen LogP contribution is 2.37. The van der Waals surface area contributed by atoms with Crippen molar-refractivity contribution in [1.82, 2.24) is 20.3 Å². The maximum Gasteiger partial charge on any atom is 0.338 e. The molecule has 24 heavy (non-hydrogen) atoms. The first kappa shape index (κ1) is 16.5. The van der Waals surface area contributed by atoms with Crippen LogP contribution in [-0.2, 0) is 4.79 Å². The number of pyridine rings is 1. The van der Waals surface area contributed by atoms with Gasteiger partial charge >= 0.3 is 5.97 Å². The zero-order chi connectivity index (χ0) is 17.8. The van der Waals surface area contributed by atoms with Crippen molar-refractivity contribution in [1.29, 1.82) is 0 Å². The minimum atomic E-state index is -1.10. The largest absolute Gasteiger partial charge is 0.478 e. The Morgan fingerprint density at radius 1 is 1.38 bits per heavy atom. The van der Waals surface area contributed by atoms with E-state index in [2.05, 4.69) is 15.3 Å². The number of hydrogen-bond donors (Lipinski definition) is 2. The summed E-state index contributed by atoms with van der Waals surface area (Å²) >= 11 is 0. The van der Waals surface area contributed by atoms with E-state index in [9.17, 15) is 14.7 Å². The number of carbonyl (C=O) groups is 2. The third-order valence-electron chi connectivity index (χ3n) is 4.97. The molecule has 0 aromatic carbocycles. The first-order valence-electron chi connectivity index (χ1n) is 7.77. The van der Waals surface area contributed by atoms with Crippen LogP contribution in [0.5, 0.6) is 0 Å². The number of nitrogens with one attached hydrogen (secondary N) is 1. The highest BCUT2D eigenvalue weighted by atomic mass is 16.4. The minimum absolute atomic E-state index is 0.0173. The van der Waals surface area contributed by atoms with Crippen molar-refractivity contribution in [3.8, 4) is 0 Å². The number of amidine groups is 1. The Balaban J connectivity index is 2.03. The summed E-state index contributed by atoms with van der Waals surface area (Å²) in [4.78, 5) is 32.7. The van der Waals surface area contributed by atoms with Crippen LogP contribution in [0.4, 0.5) is 0 Å². The van der Waals surface area contributed by atoms with Crippen LogP contribution in [0.25, 0.3) is 0 Å². The van der Waals surface area contributed by atoms with Gasteiger partial charge in [0.2, 0.25) is 0 Å². The summed E-state index contributed by atoms with van der Waals surface area (Å²) in [5.41, 5.74) is 0.100. The predicted molar refractivity (Wildman–Crippen MR) is 87.4 cm³/mol. The Labute approximate surface area is 140 Å². The lowest BCUT2D eigenvalue weighted by Gasteiger charge is -2.21. The Morgan fingerprint density at radius 3 is 2.46 bits per heavy atom. The molecule has 3 atom stereocenters. The SMILES string of the molecule is CC(C)C1(C)N=C(c2ncc(C3N(C)N3C)cc2C(=O)O)NC1=O. The number of rotatable bonds is 4. The summed E-state index contributed by atoms with van der Waals surface area (Å²) in [5, 5.41) is 16.2. The molecule has 0 aliphatic carbocycles. The Hall–Kier alpha value is -2.32. The van der Waals surface area contributed by atoms with Crippen molar-refractivity contribution < 1.29 is 14.7 Å². The first-order valence-corrected chi connectivity index (χ1v) is 7.77. The van der Waals surface area contributed by atoms with Gasteiger partial charge in [-0.2, -0.15) is 0 Å². The Bertz CT molecular complexity index is 752. The van der Waals surface area contributed by atoms with Crippen LogP contribution in [0.3, 0.4) is 0 Å². The van der Waals surface area contributed by atoms with Gasteiger partial charge in [-0.3, -0.25) is 9.78 Å². The lowest BCUT2D eigenvalue weighted by atomic mass is 9.89. The second-order valence-electron chi connectivity index (χ2n) is 6.71. The third kappa shape index (κ3) is 2.38. The van der Waals surface area contributed by atoms with E-state index in [0.29, 0.717) is 0 Å². The van der Waals surface area contributed by atoms with Crippen LogP contribution >= 0.6 is 0 Å². The van der Waals surface area contributed by atoms with Crippen LogP contribution in [0.15, 0.2) is 17.3 Å². The third-order valence-corrected chi connectivity index (χ3v) is 4.97. The van der Waals surface area contributed by atoms with Gasteiger partial charge in [-0.05, 0) is 18.9 Å². The average Bonchev–Trinajstić information content (AvgIpc) is 2.97. The number of aliphatic imine (C=N–C) groups is 1. The highest BCUT2D eigenvalue weighted by molar-refractivity contribution is 6.17. The molecule has 0 saturated carbocycles. The summed E-state index contributed by atoms with van der Waals surface area (Å²) in [6, 6.07) is 1.59. The van der Waals surface area contributed by atoms with Gasteiger partial charge in [-0.15, -0.1) is 0 Å². The summed E-state index contributed by atoms with van der Waals surface area (Å²) < 4.78 is 0. The highest BCUT2D eigenvalue weighted by Gasteiger charge is 2.44. The van der Waals surface area contributed by atoms with Crippen molar-refractivity contribution in [3.05, 3.63) is 29.1 Å². The molecule has 8 heteroatoms. The first-order chi connectivity index (χ1) is 11.2. The van der Waals surface area contributed by atoms with E-state index in [1.54, 1.807) is 19.2 Å². The molecule has 1 aromatic heterocycles. The predicted octanol–water partition coefficient (Wildman–Crippen LogP) is 0.862. The molecule has 0 bridgehead atoms. The number of amides is 1. The summed E-state index contributed by atoms with van der Waals surface area (Å²) in [7, 11) is 3.82. The van der Waals surface area contributed by atoms with Crippen LogP contribution in [0.2, 0.25) is 0 Å². The van der Waals surface area contributed by atoms with E-state index in [1.807, 2.05) is 38.0 Å². The maximum atomic E-state index is 12.3. The standard InChI is InChI=1S/C16H21N5O3/c1-8(2)16(3)15(24)18-12(19-16)11-10(14(22)23)6-9(7-17-11)13-20(4)21(13)5/h6-8,13H,1-5H3,(H,22,23)(H,18,19,24). The average molecular weight is 331 g/mol. The second-order valence-corrected chi connectivity index (χ2v) is 6.71. The van der Waals surface area contributed by atoms with Crippen molar-refractivity contribution in [2.45, 2.75) is 32.5 Å². The molecule has 3 heterocycles. The molecule has 128 valence electrons. The lowest BCUT2D eigenvalue weighted by Crippen LogP contribution is -2.41. The van der Waals surface area contributed by atoms with E-state index < -0.39 is 11.5 Å². The molecule has 0 radical (unpaired) electrons. The number of nitrogens with zero attached hydrogens (tertiary/aromatic N) is 4. The minimum Gasteiger partial charge on any atom is -0.478 e. The van der Waals surface area contributed by atoms with Crippen LogP contribution < -0.4 is 5.32 Å². The fourth-order valence-corrected chi connectivity index (χ4v) is 2.82. The lowest BCUT2D eigenvalue weighted by molar-refractivity contribution is -0.124. The molecule has 8 nitrogen and oxygen atoms in total. The number of hydrogen-bond acceptors (Lipinski definition) is 6. The molecule has 2 aliphatic heterocycles. The molecular weight excluding hydrogens is 310 g/mol. The van der Waals surface area contributed by atoms with Crippen molar-refractivity contribution in [3.63, 3.8) is 0 Å². The van der Waals surface area contributed by atoms with Gasteiger partial charge < -0.3 is 10.4 Å². The molecule has 3 rings (SSSR count). The van der Waals surface area contributed by atoms with Gasteiger partial charge in [0.1, 0.15) is 17.4 Å². The number of carbonyl (C=O) groups excluding carboxylic acids is 1. The number of carboxylic acids is 1. The second kappa shape index (κ2) is 5.35. The Kier molecular flexibility index (Phi) is 3.69. The quantitative estimate of drug-likeness (QED) is 0.794. The number of carboxylic acid groups (broad SMARTS) is 1. The summed E-state index contributed by atoms with van der Waals surface area (Å²) in [5.74, 6) is -1.13. The van der Waals surface area contributed by atoms with E-state index in [0.717, 1.165) is 5.56 Å². The molecule has 2 N–H and O–H groups in total. The molecule has 1 amide bonds. The smallest absolute Gasteiger partial charge is 0.338 e. The zero-order valence-corrected chi connectivity index (χ0v) is 14.4. The molecule has 2 aliphatic rings. The van der Waals surface area contributed by atoms with Gasteiger partial charge in [0, 0.05) is 25.9 Å². The van der Waals surface area contributed by atoms with Gasteiger partial charge in [0.15, 0.2) is 5.84 Å². The zero-order valence-electron chi connectivity index (χ0n) is 14.4. The topological polar surface area (TPSA) is 97.7 Å². The monoisotopic (exact) mass is 331 g/mol. The van der Waals surface area contributed by atoms with E-state index in [1.165, 1.54) is 0 Å². The van der Waals surface area contributed by atoms with Gasteiger partial charge in [0.25, 0.3) is 5.91 Å². The molecule has 3 unspecified atom stereocenters. The molecule has 1 saturated heterocycles. The van der Waals surface area contributed by atoms with Crippen molar-refractivity contribution in [2.75, 3.05) is 14.1 Å². The van der Waals surface area contributed by atoms with E-state index in [4.69, 9.17) is 0 Å². The molecule has 1 aromatic rings. The molecular formula is C16H21N5O3. The van der Waals surface area contributed by atoms with Gasteiger partial charge in [-0.25, -0.2) is 19.8 Å². The van der Waals surface area contributed by atoms with Crippen LogP contribution in [0.1, 0.15) is 48.6 Å². The van der Waals surface area contributed by atoms with E-state index in [-0.39, 0.29) is 35.1 Å². The summed E-state index contributed by atoms with van der Waals surface area (Å²) in [6.07, 6.45) is 1.65. The number of aromatic carboxylic acids is 1. The van der Waals surface area contributed by atoms with Crippen molar-refractivity contribution >= 4 is 17.7 Å². The van der Waals surface area contributed by atoms with Crippen LogP contribution in [-0.4, -0.2) is 57.5 Å². The van der Waals surface area contributed by atoms with Gasteiger partial charge in [-0.1, -0.05) is 13.8 Å². The fraction of sp³-hybridized carbons (Fsp3) is 0.500.